The lowest BCUT2D eigenvalue weighted by molar-refractivity contribution is 0.0946. The fourth-order valence-corrected chi connectivity index (χ4v) is 2.33. The summed E-state index contributed by atoms with van der Waals surface area (Å²) in [5.74, 6) is -0.225. The number of carbonyl (C=O) groups is 1. The van der Waals surface area contributed by atoms with E-state index in [0.717, 1.165) is 10.6 Å². The maximum atomic E-state index is 11.9. The van der Waals surface area contributed by atoms with Crippen LogP contribution in [0.3, 0.4) is 0 Å². The van der Waals surface area contributed by atoms with Gasteiger partial charge >= 0.3 is 0 Å². The van der Waals surface area contributed by atoms with Crippen molar-refractivity contribution in [2.24, 2.45) is 5.73 Å². The van der Waals surface area contributed by atoms with Gasteiger partial charge in [0.1, 0.15) is 10.7 Å². The highest BCUT2D eigenvalue weighted by Gasteiger charge is 2.12. The van der Waals surface area contributed by atoms with Crippen LogP contribution in [0.1, 0.15) is 39.6 Å². The average molecular weight is 286 g/mol. The second-order valence-corrected chi connectivity index (χ2v) is 5.24. The van der Waals surface area contributed by atoms with E-state index in [1.54, 1.807) is 17.5 Å². The molecule has 0 spiro atoms. The maximum absolute atomic E-state index is 11.9. The molecular formula is C14H14N4OS. The molecule has 0 saturated heterocycles. The molecule has 1 atom stereocenters. The molecule has 20 heavy (non-hydrogen) atoms. The first-order valence-corrected chi connectivity index (χ1v) is 6.96. The molecular weight excluding hydrogens is 272 g/mol. The number of hydrogen-bond acceptors (Lipinski definition) is 5. The van der Waals surface area contributed by atoms with E-state index in [4.69, 9.17) is 11.0 Å². The van der Waals surface area contributed by atoms with Crippen molar-refractivity contribution >= 4 is 17.2 Å². The van der Waals surface area contributed by atoms with Crippen molar-refractivity contribution in [2.45, 2.75) is 19.5 Å². The summed E-state index contributed by atoms with van der Waals surface area (Å²) in [6.45, 7) is 2.23. The molecule has 1 aromatic heterocycles. The van der Waals surface area contributed by atoms with Gasteiger partial charge in [-0.1, -0.05) is 12.1 Å². The molecule has 5 nitrogen and oxygen atoms in total. The highest BCUT2D eigenvalue weighted by molar-refractivity contribution is 7.09. The van der Waals surface area contributed by atoms with Crippen LogP contribution in [-0.2, 0) is 6.54 Å². The Hall–Kier alpha value is -2.23. The number of nitrogens with one attached hydrogen (secondary N) is 1. The van der Waals surface area contributed by atoms with Crippen LogP contribution >= 0.6 is 11.3 Å². The van der Waals surface area contributed by atoms with Gasteiger partial charge in [-0.25, -0.2) is 4.98 Å². The SMILES string of the molecule is CC(N)c1nc(C(=O)NCc2ccc(C#N)cc2)cs1. The minimum atomic E-state index is -0.225. The monoisotopic (exact) mass is 286 g/mol. The van der Waals surface area contributed by atoms with Gasteiger partial charge in [0.2, 0.25) is 0 Å². The Balaban J connectivity index is 1.95. The molecule has 1 amide bonds. The fraction of sp³-hybridized carbons (Fsp3) is 0.214. The zero-order valence-electron chi connectivity index (χ0n) is 11.0. The number of aromatic nitrogens is 1. The van der Waals surface area contributed by atoms with Gasteiger partial charge in [0.05, 0.1) is 17.7 Å². The third kappa shape index (κ3) is 3.41. The van der Waals surface area contributed by atoms with Gasteiger partial charge in [-0.15, -0.1) is 11.3 Å². The molecule has 0 aliphatic heterocycles. The lowest BCUT2D eigenvalue weighted by atomic mass is 10.1. The Morgan fingerprint density at radius 1 is 1.50 bits per heavy atom. The minimum absolute atomic E-state index is 0.167. The number of nitriles is 1. The van der Waals surface area contributed by atoms with Crippen molar-refractivity contribution in [3.05, 3.63) is 51.5 Å². The smallest absolute Gasteiger partial charge is 0.271 e. The van der Waals surface area contributed by atoms with Crippen molar-refractivity contribution in [3.63, 3.8) is 0 Å². The first-order chi connectivity index (χ1) is 9.60. The van der Waals surface area contributed by atoms with E-state index < -0.39 is 0 Å². The normalized spacial score (nSPS) is 11.7. The van der Waals surface area contributed by atoms with Crippen LogP contribution in [0.2, 0.25) is 0 Å². The number of nitrogens with zero attached hydrogens (tertiary/aromatic N) is 2. The summed E-state index contributed by atoms with van der Waals surface area (Å²) in [6.07, 6.45) is 0. The van der Waals surface area contributed by atoms with Crippen LogP contribution < -0.4 is 11.1 Å². The third-order valence-corrected chi connectivity index (χ3v) is 3.73. The Morgan fingerprint density at radius 3 is 2.75 bits per heavy atom. The molecule has 6 heteroatoms. The zero-order valence-corrected chi connectivity index (χ0v) is 11.8. The van der Waals surface area contributed by atoms with Crippen molar-refractivity contribution in [1.29, 1.82) is 5.26 Å². The van der Waals surface area contributed by atoms with E-state index in [1.165, 1.54) is 11.3 Å². The molecule has 0 radical (unpaired) electrons. The van der Waals surface area contributed by atoms with Crippen molar-refractivity contribution in [2.75, 3.05) is 0 Å². The van der Waals surface area contributed by atoms with Gasteiger partial charge in [0.25, 0.3) is 5.91 Å². The summed E-state index contributed by atoms with van der Waals surface area (Å²) in [6, 6.07) is 8.95. The largest absolute Gasteiger partial charge is 0.347 e. The quantitative estimate of drug-likeness (QED) is 0.898. The minimum Gasteiger partial charge on any atom is -0.347 e. The predicted molar refractivity (Wildman–Crippen MR) is 77.0 cm³/mol. The molecule has 0 aliphatic rings. The van der Waals surface area contributed by atoms with Crippen LogP contribution in [0.4, 0.5) is 0 Å². The summed E-state index contributed by atoms with van der Waals surface area (Å²) >= 11 is 1.38. The number of thiazole rings is 1. The molecule has 0 fully saturated rings. The molecule has 0 aliphatic carbocycles. The molecule has 1 heterocycles. The second-order valence-electron chi connectivity index (χ2n) is 4.35. The van der Waals surface area contributed by atoms with Crippen LogP contribution in [0.25, 0.3) is 0 Å². The summed E-state index contributed by atoms with van der Waals surface area (Å²) in [5, 5.41) is 13.9. The molecule has 102 valence electrons. The fourth-order valence-electron chi connectivity index (χ4n) is 1.57. The summed E-state index contributed by atoms with van der Waals surface area (Å²) < 4.78 is 0. The lowest BCUT2D eigenvalue weighted by Crippen LogP contribution is -2.23. The average Bonchev–Trinajstić information content (AvgIpc) is 2.95. The van der Waals surface area contributed by atoms with Gasteiger partial charge in [-0.05, 0) is 24.6 Å². The second kappa shape index (κ2) is 6.28. The number of benzene rings is 1. The molecule has 1 aromatic carbocycles. The van der Waals surface area contributed by atoms with Crippen LogP contribution in [0.5, 0.6) is 0 Å². The van der Waals surface area contributed by atoms with Gasteiger partial charge < -0.3 is 11.1 Å². The van der Waals surface area contributed by atoms with Gasteiger partial charge in [-0.3, -0.25) is 4.79 Å². The van der Waals surface area contributed by atoms with E-state index in [9.17, 15) is 4.79 Å². The number of amides is 1. The zero-order chi connectivity index (χ0) is 14.5. The number of rotatable bonds is 4. The van der Waals surface area contributed by atoms with Crippen molar-refractivity contribution in [3.8, 4) is 6.07 Å². The van der Waals surface area contributed by atoms with E-state index in [-0.39, 0.29) is 11.9 Å². The maximum Gasteiger partial charge on any atom is 0.271 e. The Labute approximate surface area is 121 Å². The van der Waals surface area contributed by atoms with Crippen LogP contribution in [-0.4, -0.2) is 10.9 Å². The summed E-state index contributed by atoms with van der Waals surface area (Å²) in [4.78, 5) is 16.1. The van der Waals surface area contributed by atoms with E-state index >= 15 is 0 Å². The molecule has 2 rings (SSSR count). The third-order valence-electron chi connectivity index (χ3n) is 2.68. The highest BCUT2D eigenvalue weighted by atomic mass is 32.1. The van der Waals surface area contributed by atoms with Gasteiger partial charge in [0, 0.05) is 11.9 Å². The molecule has 0 saturated carbocycles. The topological polar surface area (TPSA) is 91.8 Å². The van der Waals surface area contributed by atoms with Crippen LogP contribution in [0, 0.1) is 11.3 Å². The highest BCUT2D eigenvalue weighted by Crippen LogP contribution is 2.15. The molecule has 0 bridgehead atoms. The first-order valence-electron chi connectivity index (χ1n) is 6.08. The Kier molecular flexibility index (Phi) is 4.45. The summed E-state index contributed by atoms with van der Waals surface area (Å²) in [5.41, 5.74) is 7.62. The van der Waals surface area contributed by atoms with Gasteiger partial charge in [-0.2, -0.15) is 5.26 Å². The van der Waals surface area contributed by atoms with Crippen molar-refractivity contribution < 1.29 is 4.79 Å². The van der Waals surface area contributed by atoms with Crippen molar-refractivity contribution in [1.82, 2.24) is 10.3 Å². The van der Waals surface area contributed by atoms with Gasteiger partial charge in [0.15, 0.2) is 0 Å². The molecule has 1 unspecified atom stereocenters. The van der Waals surface area contributed by atoms with E-state index in [2.05, 4.69) is 16.4 Å². The molecule has 3 N–H and O–H groups in total. The standard InChI is InChI=1S/C14H14N4OS/c1-9(16)14-18-12(8-20-14)13(19)17-7-11-4-2-10(6-15)3-5-11/h2-5,8-9H,7,16H2,1H3,(H,17,19). The Morgan fingerprint density at radius 2 is 2.20 bits per heavy atom. The molecule has 2 aromatic rings. The van der Waals surface area contributed by atoms with Crippen LogP contribution in [0.15, 0.2) is 29.6 Å². The summed E-state index contributed by atoms with van der Waals surface area (Å²) in [7, 11) is 0. The lowest BCUT2D eigenvalue weighted by Gasteiger charge is -2.03. The van der Waals surface area contributed by atoms with E-state index in [1.807, 2.05) is 19.1 Å². The van der Waals surface area contributed by atoms with E-state index in [0.29, 0.717) is 17.8 Å². The number of carbonyl (C=O) groups excluding carboxylic acids is 1. The Bertz CT molecular complexity index is 640. The first kappa shape index (κ1) is 14.2. The number of hydrogen-bond donors (Lipinski definition) is 2. The predicted octanol–water partition coefficient (Wildman–Crippen LogP) is 1.96. The number of nitrogens with two attached hydrogens (primary N) is 1.